The van der Waals surface area contributed by atoms with E-state index in [1.54, 1.807) is 0 Å². The van der Waals surface area contributed by atoms with Gasteiger partial charge in [0, 0.05) is 50.3 Å². The van der Waals surface area contributed by atoms with E-state index in [9.17, 15) is 0 Å². The Morgan fingerprint density at radius 3 is 2.77 bits per heavy atom. The van der Waals surface area contributed by atoms with Gasteiger partial charge in [0.25, 0.3) is 0 Å². The molecule has 5 heteroatoms. The largest absolute Gasteiger partial charge is 0.361 e. The number of fused-ring (bicyclic) bond motifs is 1. The van der Waals surface area contributed by atoms with E-state index in [4.69, 9.17) is 0 Å². The zero-order valence-corrected chi connectivity index (χ0v) is 17.9. The van der Waals surface area contributed by atoms with Crippen LogP contribution in [0.5, 0.6) is 0 Å². The van der Waals surface area contributed by atoms with Gasteiger partial charge in [0.15, 0.2) is 5.96 Å². The predicted molar refractivity (Wildman–Crippen MR) is 126 cm³/mol. The number of aromatic amines is 1. The van der Waals surface area contributed by atoms with Crippen molar-refractivity contribution in [3.8, 4) is 0 Å². The second-order valence-electron chi connectivity index (χ2n) is 8.18. The van der Waals surface area contributed by atoms with Crippen molar-refractivity contribution in [1.29, 1.82) is 0 Å². The SMILES string of the molecule is CN=C(NCCc1c[nH]c2ccccc12)NCC1CCN(CCc2ccccc2)C1. The first-order valence-corrected chi connectivity index (χ1v) is 11.1. The van der Waals surface area contributed by atoms with Gasteiger partial charge < -0.3 is 20.5 Å². The van der Waals surface area contributed by atoms with Gasteiger partial charge in [-0.05, 0) is 48.9 Å². The van der Waals surface area contributed by atoms with Crippen LogP contribution in [0, 0.1) is 5.92 Å². The molecule has 1 aliphatic heterocycles. The van der Waals surface area contributed by atoms with Crippen LogP contribution in [-0.2, 0) is 12.8 Å². The van der Waals surface area contributed by atoms with Crippen LogP contribution in [0.1, 0.15) is 17.5 Å². The lowest BCUT2D eigenvalue weighted by molar-refractivity contribution is 0.328. The smallest absolute Gasteiger partial charge is 0.190 e. The number of aliphatic imine (C=N–C) groups is 1. The lowest BCUT2D eigenvalue weighted by Crippen LogP contribution is -2.41. The number of nitrogens with zero attached hydrogens (tertiary/aromatic N) is 2. The topological polar surface area (TPSA) is 55.5 Å². The highest BCUT2D eigenvalue weighted by molar-refractivity contribution is 5.83. The van der Waals surface area contributed by atoms with Crippen LogP contribution in [0.3, 0.4) is 0 Å². The monoisotopic (exact) mass is 403 g/mol. The van der Waals surface area contributed by atoms with Crippen LogP contribution >= 0.6 is 0 Å². The molecule has 2 heterocycles. The summed E-state index contributed by atoms with van der Waals surface area (Å²) in [6, 6.07) is 19.3. The zero-order chi connectivity index (χ0) is 20.6. The average molecular weight is 404 g/mol. The standard InChI is InChI=1S/C25H33N5/c1-26-25(27-14-11-22-18-28-24-10-6-5-9-23(22)24)29-17-21-13-16-30(19-21)15-12-20-7-3-2-4-8-20/h2-10,18,21,28H,11-17,19H2,1H3,(H2,26,27,29). The van der Waals surface area contributed by atoms with Crippen molar-refractivity contribution in [3.63, 3.8) is 0 Å². The number of aromatic nitrogens is 1. The van der Waals surface area contributed by atoms with Gasteiger partial charge in [0.2, 0.25) is 0 Å². The van der Waals surface area contributed by atoms with Gasteiger partial charge in [0.05, 0.1) is 0 Å². The Morgan fingerprint density at radius 2 is 1.90 bits per heavy atom. The third kappa shape index (κ3) is 5.42. The molecule has 2 aromatic carbocycles. The van der Waals surface area contributed by atoms with Crippen LogP contribution in [-0.4, -0.2) is 55.6 Å². The van der Waals surface area contributed by atoms with E-state index >= 15 is 0 Å². The van der Waals surface area contributed by atoms with Crippen molar-refractivity contribution in [3.05, 3.63) is 71.9 Å². The molecular weight excluding hydrogens is 370 g/mol. The van der Waals surface area contributed by atoms with Crippen molar-refractivity contribution in [1.82, 2.24) is 20.5 Å². The molecule has 1 aromatic heterocycles. The van der Waals surface area contributed by atoms with Crippen LogP contribution in [0.25, 0.3) is 10.9 Å². The van der Waals surface area contributed by atoms with E-state index in [1.165, 1.54) is 41.5 Å². The molecule has 1 unspecified atom stereocenters. The third-order valence-corrected chi connectivity index (χ3v) is 6.07. The molecule has 158 valence electrons. The fraction of sp³-hybridized carbons (Fsp3) is 0.400. The summed E-state index contributed by atoms with van der Waals surface area (Å²) in [7, 11) is 1.85. The lowest BCUT2D eigenvalue weighted by atomic mass is 10.1. The van der Waals surface area contributed by atoms with E-state index in [0.29, 0.717) is 5.92 Å². The molecule has 0 bridgehead atoms. The molecule has 4 rings (SSSR count). The van der Waals surface area contributed by atoms with Crippen LogP contribution < -0.4 is 10.6 Å². The van der Waals surface area contributed by atoms with Crippen LogP contribution in [0.15, 0.2) is 65.8 Å². The minimum Gasteiger partial charge on any atom is -0.361 e. The molecular formula is C25H33N5. The number of guanidine groups is 1. The number of likely N-dealkylation sites (tertiary alicyclic amines) is 1. The van der Waals surface area contributed by atoms with Gasteiger partial charge >= 0.3 is 0 Å². The second kappa shape index (κ2) is 10.3. The van der Waals surface area contributed by atoms with Gasteiger partial charge in [-0.25, -0.2) is 0 Å². The molecule has 0 amide bonds. The second-order valence-corrected chi connectivity index (χ2v) is 8.18. The van der Waals surface area contributed by atoms with Crippen LogP contribution in [0.2, 0.25) is 0 Å². The quantitative estimate of drug-likeness (QED) is 0.399. The Kier molecular flexibility index (Phi) is 7.03. The van der Waals surface area contributed by atoms with Gasteiger partial charge in [0.1, 0.15) is 0 Å². The van der Waals surface area contributed by atoms with Crippen molar-refractivity contribution in [2.45, 2.75) is 19.3 Å². The van der Waals surface area contributed by atoms with Crippen molar-refractivity contribution in [2.75, 3.05) is 39.8 Å². The number of para-hydroxylation sites is 1. The number of nitrogens with one attached hydrogen (secondary N) is 3. The van der Waals surface area contributed by atoms with E-state index < -0.39 is 0 Å². The molecule has 3 aromatic rings. The van der Waals surface area contributed by atoms with E-state index in [1.807, 2.05) is 7.05 Å². The minimum absolute atomic E-state index is 0.688. The van der Waals surface area contributed by atoms with E-state index in [2.05, 4.69) is 86.3 Å². The Balaban J connectivity index is 1.16. The Hall–Kier alpha value is -2.79. The molecule has 1 fully saturated rings. The van der Waals surface area contributed by atoms with Crippen LogP contribution in [0.4, 0.5) is 0 Å². The highest BCUT2D eigenvalue weighted by Crippen LogP contribution is 2.18. The molecule has 0 saturated carbocycles. The van der Waals surface area contributed by atoms with E-state index in [-0.39, 0.29) is 0 Å². The number of hydrogen-bond acceptors (Lipinski definition) is 2. The number of rotatable bonds is 8. The molecule has 3 N–H and O–H groups in total. The normalized spacial score (nSPS) is 17.5. The maximum atomic E-state index is 4.40. The average Bonchev–Trinajstić information content (AvgIpc) is 3.42. The third-order valence-electron chi connectivity index (χ3n) is 6.07. The number of hydrogen-bond donors (Lipinski definition) is 3. The summed E-state index contributed by atoms with van der Waals surface area (Å²) in [6.45, 7) is 5.38. The van der Waals surface area contributed by atoms with Gasteiger partial charge in [-0.3, -0.25) is 4.99 Å². The first-order chi connectivity index (χ1) is 14.8. The highest BCUT2D eigenvalue weighted by atomic mass is 15.2. The molecule has 0 aliphatic carbocycles. The maximum Gasteiger partial charge on any atom is 0.190 e. The summed E-state index contributed by atoms with van der Waals surface area (Å²) in [6.07, 6.45) is 5.48. The summed E-state index contributed by atoms with van der Waals surface area (Å²) in [5.74, 6) is 1.59. The zero-order valence-electron chi connectivity index (χ0n) is 17.9. The molecule has 5 nitrogen and oxygen atoms in total. The molecule has 1 aliphatic rings. The number of H-pyrrole nitrogens is 1. The van der Waals surface area contributed by atoms with Crippen molar-refractivity contribution in [2.24, 2.45) is 10.9 Å². The van der Waals surface area contributed by atoms with Gasteiger partial charge in [-0.1, -0.05) is 48.5 Å². The predicted octanol–water partition coefficient (Wildman–Crippen LogP) is 3.44. The summed E-state index contributed by atoms with van der Waals surface area (Å²) in [4.78, 5) is 10.3. The lowest BCUT2D eigenvalue weighted by Gasteiger charge is -2.17. The molecule has 1 atom stereocenters. The summed E-state index contributed by atoms with van der Waals surface area (Å²) < 4.78 is 0. The van der Waals surface area contributed by atoms with Gasteiger partial charge in [-0.2, -0.15) is 0 Å². The summed E-state index contributed by atoms with van der Waals surface area (Å²) in [5, 5.41) is 8.30. The first kappa shape index (κ1) is 20.5. The maximum absolute atomic E-state index is 4.40. The van der Waals surface area contributed by atoms with E-state index in [0.717, 1.165) is 38.4 Å². The Bertz CT molecular complexity index is 946. The van der Waals surface area contributed by atoms with Crippen molar-refractivity contribution >= 4 is 16.9 Å². The Labute approximate surface area is 179 Å². The van der Waals surface area contributed by atoms with Crippen molar-refractivity contribution < 1.29 is 0 Å². The number of benzene rings is 2. The minimum atomic E-state index is 0.688. The molecule has 0 spiro atoms. The molecule has 0 radical (unpaired) electrons. The molecule has 1 saturated heterocycles. The summed E-state index contributed by atoms with van der Waals surface area (Å²) >= 11 is 0. The first-order valence-electron chi connectivity index (χ1n) is 11.1. The fourth-order valence-corrected chi connectivity index (χ4v) is 4.33. The van der Waals surface area contributed by atoms with Gasteiger partial charge in [-0.15, -0.1) is 0 Å². The Morgan fingerprint density at radius 1 is 1.07 bits per heavy atom. The molecule has 30 heavy (non-hydrogen) atoms. The fourth-order valence-electron chi connectivity index (χ4n) is 4.33. The highest BCUT2D eigenvalue weighted by Gasteiger charge is 2.22. The summed E-state index contributed by atoms with van der Waals surface area (Å²) in [5.41, 5.74) is 3.98.